The number of carbonyl (C=O) groups is 1. The molecule has 2 rings (SSSR count). The summed E-state index contributed by atoms with van der Waals surface area (Å²) in [6, 6.07) is 12.9. The third kappa shape index (κ3) is 4.67. The monoisotopic (exact) mass is 361 g/mol. The Balaban J connectivity index is 2.29. The molecule has 134 valence electrons. The zero-order valence-corrected chi connectivity index (χ0v) is 15.6. The lowest BCUT2D eigenvalue weighted by Gasteiger charge is -2.23. The normalized spacial score (nSPS) is 12.8. The van der Waals surface area contributed by atoms with Gasteiger partial charge in [-0.2, -0.15) is 0 Å². The van der Waals surface area contributed by atoms with E-state index in [0.717, 1.165) is 5.56 Å². The van der Waals surface area contributed by atoms with Crippen molar-refractivity contribution in [3.05, 3.63) is 59.7 Å². The summed E-state index contributed by atoms with van der Waals surface area (Å²) in [6.07, 6.45) is 0. The van der Waals surface area contributed by atoms with Gasteiger partial charge in [0.05, 0.1) is 12.0 Å². The van der Waals surface area contributed by atoms with Crippen LogP contribution in [0.3, 0.4) is 0 Å². The van der Waals surface area contributed by atoms with Gasteiger partial charge in [-0.05, 0) is 42.7 Å². The zero-order chi connectivity index (χ0) is 18.6. The highest BCUT2D eigenvalue weighted by Gasteiger charge is 2.24. The van der Waals surface area contributed by atoms with Crippen molar-refractivity contribution < 1.29 is 17.9 Å². The Morgan fingerprint density at radius 1 is 1.00 bits per heavy atom. The van der Waals surface area contributed by atoms with Crippen molar-refractivity contribution in [2.24, 2.45) is 5.92 Å². The van der Waals surface area contributed by atoms with Crippen LogP contribution in [0.2, 0.25) is 0 Å². The van der Waals surface area contributed by atoms with Gasteiger partial charge in [-0.15, -0.1) is 0 Å². The minimum absolute atomic E-state index is 0.0552. The van der Waals surface area contributed by atoms with Gasteiger partial charge in [0, 0.05) is 11.6 Å². The van der Waals surface area contributed by atoms with Gasteiger partial charge in [0.15, 0.2) is 5.78 Å². The molecule has 0 fully saturated rings. The average molecular weight is 361 g/mol. The first kappa shape index (κ1) is 19.1. The molecule has 25 heavy (non-hydrogen) atoms. The zero-order valence-electron chi connectivity index (χ0n) is 14.8. The molecule has 0 aliphatic rings. The van der Waals surface area contributed by atoms with Crippen LogP contribution in [0, 0.1) is 5.92 Å². The van der Waals surface area contributed by atoms with Crippen LogP contribution < -0.4 is 9.46 Å². The largest absolute Gasteiger partial charge is 0.497 e. The Morgan fingerprint density at radius 3 is 2.00 bits per heavy atom. The Hall–Kier alpha value is -2.18. The summed E-state index contributed by atoms with van der Waals surface area (Å²) >= 11 is 0. The maximum atomic E-state index is 12.7. The Bertz CT molecular complexity index is 825. The molecule has 2 aromatic rings. The molecule has 0 amide bonds. The number of hydrogen-bond donors (Lipinski definition) is 1. The molecule has 0 spiro atoms. The van der Waals surface area contributed by atoms with Crippen molar-refractivity contribution >= 4 is 15.8 Å². The fourth-order valence-electron chi connectivity index (χ4n) is 2.50. The minimum Gasteiger partial charge on any atom is -0.497 e. The second-order valence-corrected chi connectivity index (χ2v) is 7.91. The smallest absolute Gasteiger partial charge is 0.241 e. The summed E-state index contributed by atoms with van der Waals surface area (Å²) in [4.78, 5) is 11.5. The van der Waals surface area contributed by atoms with Crippen molar-refractivity contribution in [2.75, 3.05) is 7.11 Å². The van der Waals surface area contributed by atoms with Crippen molar-refractivity contribution in [3.8, 4) is 5.75 Å². The molecule has 0 unspecified atom stereocenters. The molecule has 6 heteroatoms. The number of nitrogens with one attached hydrogen (secondary N) is 1. The van der Waals surface area contributed by atoms with Gasteiger partial charge < -0.3 is 4.74 Å². The van der Waals surface area contributed by atoms with Crippen LogP contribution in [0.15, 0.2) is 53.4 Å². The summed E-state index contributed by atoms with van der Waals surface area (Å²) < 4.78 is 33.3. The molecule has 0 saturated heterocycles. The number of hydrogen-bond acceptors (Lipinski definition) is 4. The SMILES string of the molecule is COc1ccc([C@@H](NS(=O)(=O)c2ccc(C(C)=O)cc2)C(C)C)cc1. The molecule has 0 heterocycles. The molecular weight excluding hydrogens is 338 g/mol. The van der Waals surface area contributed by atoms with Crippen LogP contribution >= 0.6 is 0 Å². The van der Waals surface area contributed by atoms with Gasteiger partial charge in [-0.25, -0.2) is 13.1 Å². The average Bonchev–Trinajstić information content (AvgIpc) is 2.59. The predicted octanol–water partition coefficient (Wildman–Crippen LogP) is 3.57. The number of Topliss-reactive ketones (excluding diaryl/α,β-unsaturated/α-hetero) is 1. The Kier molecular flexibility index (Phi) is 5.98. The first-order valence-corrected chi connectivity index (χ1v) is 9.50. The highest BCUT2D eigenvalue weighted by molar-refractivity contribution is 7.89. The molecule has 0 aliphatic carbocycles. The lowest BCUT2D eigenvalue weighted by Crippen LogP contribution is -2.31. The molecule has 0 saturated carbocycles. The number of benzene rings is 2. The minimum atomic E-state index is -3.70. The lowest BCUT2D eigenvalue weighted by molar-refractivity contribution is 0.101. The summed E-state index contributed by atoms with van der Waals surface area (Å²) in [5.74, 6) is 0.670. The molecule has 0 radical (unpaired) electrons. The molecule has 1 atom stereocenters. The number of sulfonamides is 1. The van der Waals surface area contributed by atoms with Crippen LogP contribution in [0.1, 0.15) is 42.7 Å². The summed E-state index contributed by atoms with van der Waals surface area (Å²) in [7, 11) is -2.12. The third-order valence-electron chi connectivity index (χ3n) is 3.99. The highest BCUT2D eigenvalue weighted by atomic mass is 32.2. The van der Waals surface area contributed by atoms with E-state index in [0.29, 0.717) is 11.3 Å². The van der Waals surface area contributed by atoms with Gasteiger partial charge in [-0.3, -0.25) is 4.79 Å². The maximum Gasteiger partial charge on any atom is 0.241 e. The van der Waals surface area contributed by atoms with Gasteiger partial charge >= 0.3 is 0 Å². The fourth-order valence-corrected chi connectivity index (χ4v) is 3.88. The standard InChI is InChI=1S/C19H23NO4S/c1-13(2)19(16-5-9-17(24-4)10-6-16)20-25(22,23)18-11-7-15(8-12-18)14(3)21/h5-13,19-20H,1-4H3/t19-/m0/s1. The van der Waals surface area contributed by atoms with E-state index in [1.807, 2.05) is 26.0 Å². The first-order chi connectivity index (χ1) is 11.7. The molecule has 5 nitrogen and oxygen atoms in total. The molecule has 0 aliphatic heterocycles. The fraction of sp³-hybridized carbons (Fsp3) is 0.316. The van der Waals surface area contributed by atoms with E-state index < -0.39 is 10.0 Å². The van der Waals surface area contributed by atoms with Crippen molar-refractivity contribution in [2.45, 2.75) is 31.7 Å². The van der Waals surface area contributed by atoms with Crippen molar-refractivity contribution in [1.29, 1.82) is 0 Å². The molecular formula is C19H23NO4S. The molecule has 1 N–H and O–H groups in total. The van der Waals surface area contributed by atoms with Crippen LogP contribution in [0.25, 0.3) is 0 Å². The summed E-state index contributed by atoms with van der Waals surface area (Å²) in [6.45, 7) is 5.35. The van der Waals surface area contributed by atoms with E-state index >= 15 is 0 Å². The Labute approximate surface area is 149 Å². The quantitative estimate of drug-likeness (QED) is 0.765. The van der Waals surface area contributed by atoms with Gasteiger partial charge in [0.1, 0.15) is 5.75 Å². The summed E-state index contributed by atoms with van der Waals surface area (Å²) in [5.41, 5.74) is 1.34. The maximum absolute atomic E-state index is 12.7. The number of methoxy groups -OCH3 is 1. The molecule has 0 aromatic heterocycles. The predicted molar refractivity (Wildman–Crippen MR) is 97.3 cm³/mol. The van der Waals surface area contributed by atoms with Crippen LogP contribution in [-0.4, -0.2) is 21.3 Å². The van der Waals surface area contributed by atoms with Crippen molar-refractivity contribution in [3.63, 3.8) is 0 Å². The van der Waals surface area contributed by atoms with E-state index in [-0.39, 0.29) is 22.6 Å². The Morgan fingerprint density at radius 2 is 1.56 bits per heavy atom. The van der Waals surface area contributed by atoms with E-state index in [1.54, 1.807) is 19.2 Å². The van der Waals surface area contributed by atoms with Crippen LogP contribution in [-0.2, 0) is 10.0 Å². The first-order valence-electron chi connectivity index (χ1n) is 8.02. The number of rotatable bonds is 7. The van der Waals surface area contributed by atoms with Crippen LogP contribution in [0.5, 0.6) is 5.75 Å². The molecule has 2 aromatic carbocycles. The topological polar surface area (TPSA) is 72.5 Å². The van der Waals surface area contributed by atoms with E-state index in [1.165, 1.54) is 31.2 Å². The van der Waals surface area contributed by atoms with E-state index in [9.17, 15) is 13.2 Å². The van der Waals surface area contributed by atoms with E-state index in [4.69, 9.17) is 4.74 Å². The van der Waals surface area contributed by atoms with E-state index in [2.05, 4.69) is 4.72 Å². The number of carbonyl (C=O) groups excluding carboxylic acids is 1. The van der Waals surface area contributed by atoms with Gasteiger partial charge in [0.2, 0.25) is 10.0 Å². The lowest BCUT2D eigenvalue weighted by atomic mass is 9.97. The van der Waals surface area contributed by atoms with Gasteiger partial charge in [0.25, 0.3) is 0 Å². The number of ketones is 1. The highest BCUT2D eigenvalue weighted by Crippen LogP contribution is 2.26. The second-order valence-electron chi connectivity index (χ2n) is 6.20. The van der Waals surface area contributed by atoms with Crippen molar-refractivity contribution in [1.82, 2.24) is 4.72 Å². The molecule has 0 bridgehead atoms. The second kappa shape index (κ2) is 7.80. The summed E-state index contributed by atoms with van der Waals surface area (Å²) in [5, 5.41) is 0. The van der Waals surface area contributed by atoms with Gasteiger partial charge in [-0.1, -0.05) is 38.1 Å². The third-order valence-corrected chi connectivity index (χ3v) is 5.45. The number of ether oxygens (including phenoxy) is 1. The van der Waals surface area contributed by atoms with Crippen LogP contribution in [0.4, 0.5) is 0 Å².